The van der Waals surface area contributed by atoms with E-state index in [1.165, 1.54) is 7.11 Å². The Labute approximate surface area is 138 Å². The molecule has 23 heavy (non-hydrogen) atoms. The van der Waals surface area contributed by atoms with Gasteiger partial charge in [0.2, 0.25) is 0 Å². The lowest BCUT2D eigenvalue weighted by molar-refractivity contribution is -0.123. The molecule has 0 aliphatic carbocycles. The molecule has 0 unspecified atom stereocenters. The van der Waals surface area contributed by atoms with Gasteiger partial charge in [0.25, 0.3) is 0 Å². The summed E-state index contributed by atoms with van der Waals surface area (Å²) in [6, 6.07) is 7.02. The number of carbonyl (C=O) groups excluding carboxylic acids is 2. The van der Waals surface area contributed by atoms with E-state index in [1.54, 1.807) is 0 Å². The van der Waals surface area contributed by atoms with Crippen LogP contribution in [0.2, 0.25) is 0 Å². The molecular formula is C18H27NO4. The number of ketones is 1. The van der Waals surface area contributed by atoms with E-state index in [-0.39, 0.29) is 11.7 Å². The number of alkyl carbamates (subject to hydrolysis) is 1. The Bertz CT molecular complexity index is 496. The fourth-order valence-electron chi connectivity index (χ4n) is 2.12. The quantitative estimate of drug-likeness (QED) is 0.708. The fraction of sp³-hybridized carbons (Fsp3) is 0.556. The molecule has 1 N–H and O–H groups in total. The lowest BCUT2D eigenvalue weighted by Gasteiger charge is -2.19. The zero-order chi connectivity index (χ0) is 17.2. The van der Waals surface area contributed by atoms with Gasteiger partial charge in [0.15, 0.2) is 5.78 Å². The fourth-order valence-corrected chi connectivity index (χ4v) is 2.12. The minimum atomic E-state index is -0.594. The van der Waals surface area contributed by atoms with Gasteiger partial charge in [0.1, 0.15) is 5.75 Å². The van der Waals surface area contributed by atoms with Crippen molar-refractivity contribution < 1.29 is 19.1 Å². The Morgan fingerprint density at radius 1 is 1.17 bits per heavy atom. The summed E-state index contributed by atoms with van der Waals surface area (Å²) in [7, 11) is 1.29. The van der Waals surface area contributed by atoms with Crippen LogP contribution >= 0.6 is 0 Å². The third-order valence-corrected chi connectivity index (χ3v) is 3.52. The highest BCUT2D eigenvalue weighted by atomic mass is 16.5. The Morgan fingerprint density at radius 2 is 1.83 bits per heavy atom. The third-order valence-electron chi connectivity index (χ3n) is 3.52. The summed E-state index contributed by atoms with van der Waals surface area (Å²) >= 11 is 0. The molecular weight excluding hydrogens is 294 g/mol. The molecule has 5 nitrogen and oxygen atoms in total. The number of Topliss-reactive ketones (excluding diaryl/α,β-unsaturated/α-hetero) is 1. The summed E-state index contributed by atoms with van der Waals surface area (Å²) in [5.74, 6) is 0.641. The van der Waals surface area contributed by atoms with Crippen LogP contribution in [0.5, 0.6) is 5.75 Å². The van der Waals surface area contributed by atoms with Crippen molar-refractivity contribution in [3.63, 3.8) is 0 Å². The van der Waals surface area contributed by atoms with E-state index >= 15 is 0 Å². The van der Waals surface area contributed by atoms with Crippen LogP contribution in [0, 0.1) is 5.92 Å². The van der Waals surface area contributed by atoms with Crippen molar-refractivity contribution >= 4 is 11.9 Å². The number of hydrogen-bond acceptors (Lipinski definition) is 4. The first-order valence-corrected chi connectivity index (χ1v) is 8.07. The summed E-state index contributed by atoms with van der Waals surface area (Å²) in [6.07, 6.45) is 1.96. The van der Waals surface area contributed by atoms with Crippen LogP contribution in [0.1, 0.15) is 39.2 Å². The van der Waals surface area contributed by atoms with Gasteiger partial charge in [0, 0.05) is 5.92 Å². The molecule has 0 aliphatic rings. The molecule has 0 saturated heterocycles. The van der Waals surface area contributed by atoms with Gasteiger partial charge in [-0.15, -0.1) is 0 Å². The number of hydrogen-bond donors (Lipinski definition) is 1. The summed E-state index contributed by atoms with van der Waals surface area (Å²) in [6.45, 7) is 6.46. The van der Waals surface area contributed by atoms with Crippen molar-refractivity contribution in [2.75, 3.05) is 13.7 Å². The van der Waals surface area contributed by atoms with Crippen molar-refractivity contribution in [2.45, 2.75) is 46.1 Å². The van der Waals surface area contributed by atoms with Crippen molar-refractivity contribution in [1.82, 2.24) is 5.32 Å². The Balaban J connectivity index is 2.71. The molecule has 128 valence electrons. The number of unbranched alkanes of at least 4 members (excludes halogenated alkanes) is 1. The van der Waals surface area contributed by atoms with Crippen LogP contribution in [0.15, 0.2) is 24.3 Å². The van der Waals surface area contributed by atoms with Gasteiger partial charge in [-0.3, -0.25) is 4.79 Å². The molecule has 0 saturated carbocycles. The summed E-state index contributed by atoms with van der Waals surface area (Å²) in [4.78, 5) is 23.7. The van der Waals surface area contributed by atoms with Gasteiger partial charge in [-0.05, 0) is 30.5 Å². The highest BCUT2D eigenvalue weighted by molar-refractivity contribution is 5.89. The number of carbonyl (C=O) groups is 2. The first-order chi connectivity index (χ1) is 11.0. The molecule has 5 heteroatoms. The van der Waals surface area contributed by atoms with Crippen LogP contribution < -0.4 is 10.1 Å². The minimum absolute atomic E-state index is 0.0151. The van der Waals surface area contributed by atoms with E-state index in [4.69, 9.17) is 4.74 Å². The normalized spacial score (nSPS) is 11.9. The molecule has 1 aromatic rings. The second-order valence-electron chi connectivity index (χ2n) is 5.80. The van der Waals surface area contributed by atoms with Crippen LogP contribution in [0.3, 0.4) is 0 Å². The van der Waals surface area contributed by atoms with E-state index in [1.807, 2.05) is 38.1 Å². The number of amides is 1. The predicted octanol–water partition coefficient (Wildman–Crippen LogP) is 3.36. The predicted molar refractivity (Wildman–Crippen MR) is 89.7 cm³/mol. The number of ether oxygens (including phenoxy) is 2. The maximum Gasteiger partial charge on any atom is 0.407 e. The number of methoxy groups -OCH3 is 1. The second kappa shape index (κ2) is 9.87. The van der Waals surface area contributed by atoms with E-state index in [9.17, 15) is 9.59 Å². The molecule has 1 aromatic carbocycles. The first-order valence-electron chi connectivity index (χ1n) is 8.07. The van der Waals surface area contributed by atoms with Gasteiger partial charge < -0.3 is 14.8 Å². The highest BCUT2D eigenvalue weighted by Crippen LogP contribution is 2.15. The zero-order valence-corrected chi connectivity index (χ0v) is 14.4. The monoisotopic (exact) mass is 321 g/mol. The molecule has 0 spiro atoms. The van der Waals surface area contributed by atoms with Crippen LogP contribution in [-0.2, 0) is 16.0 Å². The van der Waals surface area contributed by atoms with Crippen LogP contribution in [0.25, 0.3) is 0 Å². The smallest absolute Gasteiger partial charge is 0.407 e. The first kappa shape index (κ1) is 19.0. The Kier molecular flexibility index (Phi) is 8.16. The van der Waals surface area contributed by atoms with Crippen molar-refractivity contribution in [3.05, 3.63) is 29.8 Å². The largest absolute Gasteiger partial charge is 0.494 e. The van der Waals surface area contributed by atoms with Crippen LogP contribution in [-0.4, -0.2) is 31.6 Å². The van der Waals surface area contributed by atoms with Gasteiger partial charge >= 0.3 is 6.09 Å². The lowest BCUT2D eigenvalue weighted by Crippen LogP contribution is -2.44. The molecule has 1 rings (SSSR count). The highest BCUT2D eigenvalue weighted by Gasteiger charge is 2.23. The molecule has 0 heterocycles. The molecule has 0 radical (unpaired) electrons. The number of benzene rings is 1. The van der Waals surface area contributed by atoms with E-state index < -0.39 is 12.1 Å². The maximum absolute atomic E-state index is 12.2. The number of nitrogens with one attached hydrogen (secondary N) is 1. The molecule has 0 aromatic heterocycles. The van der Waals surface area contributed by atoms with Crippen molar-refractivity contribution in [2.24, 2.45) is 5.92 Å². The Morgan fingerprint density at radius 3 is 2.35 bits per heavy atom. The van der Waals surface area contributed by atoms with E-state index in [2.05, 4.69) is 17.0 Å². The lowest BCUT2D eigenvalue weighted by atomic mass is 9.96. The molecule has 0 bridgehead atoms. The standard InChI is InChI=1S/C18H27NO4/c1-5-6-11-23-15-9-7-14(8-10-15)12-16(17(20)13(2)3)19-18(21)22-4/h7-10,13,16H,5-6,11-12H2,1-4H3,(H,19,21)/t16-/m0/s1. The Hall–Kier alpha value is -2.04. The van der Waals surface area contributed by atoms with E-state index in [0.29, 0.717) is 13.0 Å². The van der Waals surface area contributed by atoms with Crippen molar-refractivity contribution in [3.8, 4) is 5.75 Å². The summed E-state index contributed by atoms with van der Waals surface area (Å²) < 4.78 is 10.2. The van der Waals surface area contributed by atoms with Crippen LogP contribution in [0.4, 0.5) is 4.79 Å². The molecule has 1 atom stereocenters. The average Bonchev–Trinajstić information content (AvgIpc) is 2.55. The zero-order valence-electron chi connectivity index (χ0n) is 14.4. The summed E-state index contributed by atoms with van der Waals surface area (Å²) in [5.41, 5.74) is 0.961. The summed E-state index contributed by atoms with van der Waals surface area (Å²) in [5, 5.41) is 2.61. The average molecular weight is 321 g/mol. The van der Waals surface area contributed by atoms with Gasteiger partial charge in [0.05, 0.1) is 19.8 Å². The third kappa shape index (κ3) is 6.72. The maximum atomic E-state index is 12.2. The SMILES string of the molecule is CCCCOc1ccc(C[C@H](NC(=O)OC)C(=O)C(C)C)cc1. The topological polar surface area (TPSA) is 64.6 Å². The number of rotatable bonds is 9. The molecule has 0 fully saturated rings. The van der Waals surface area contributed by atoms with Gasteiger partial charge in [-0.1, -0.05) is 39.3 Å². The molecule has 0 aliphatic heterocycles. The van der Waals surface area contributed by atoms with Gasteiger partial charge in [-0.25, -0.2) is 4.79 Å². The van der Waals surface area contributed by atoms with Gasteiger partial charge in [-0.2, -0.15) is 0 Å². The minimum Gasteiger partial charge on any atom is -0.494 e. The van der Waals surface area contributed by atoms with Crippen molar-refractivity contribution in [1.29, 1.82) is 0 Å². The van der Waals surface area contributed by atoms with E-state index in [0.717, 1.165) is 24.2 Å². The second-order valence-corrected chi connectivity index (χ2v) is 5.80. The molecule has 1 amide bonds.